The number of ether oxygens (including phenoxy) is 2. The quantitative estimate of drug-likeness (QED) is 0.358. The number of esters is 1. The summed E-state index contributed by atoms with van der Waals surface area (Å²) in [5, 5.41) is 3.19. The molecule has 1 N–H and O–H groups in total. The lowest BCUT2D eigenvalue weighted by Gasteiger charge is -2.21. The molecule has 1 amide bonds. The Hall–Kier alpha value is -3.61. The van der Waals surface area contributed by atoms with Crippen LogP contribution in [-0.2, 0) is 16.0 Å². The molecule has 168 valence electrons. The molecule has 0 radical (unpaired) electrons. The number of amides is 1. The molecular weight excluding hydrogens is 410 g/mol. The molecule has 3 aromatic rings. The van der Waals surface area contributed by atoms with Gasteiger partial charge in [0.05, 0.1) is 0 Å². The zero-order valence-corrected chi connectivity index (χ0v) is 18.9. The fraction of sp³-hybridized carbons (Fsp3) is 0.320. The third kappa shape index (κ3) is 5.75. The number of hydrogen-bond acceptors (Lipinski definition) is 6. The first-order chi connectivity index (χ1) is 15.0. The summed E-state index contributed by atoms with van der Waals surface area (Å²) in [5.41, 5.74) is 1.63. The highest BCUT2D eigenvalue weighted by Crippen LogP contribution is 2.25. The van der Waals surface area contributed by atoms with Gasteiger partial charge in [-0.15, -0.1) is 0 Å². The Kier molecular flexibility index (Phi) is 6.67. The van der Waals surface area contributed by atoms with E-state index >= 15 is 0 Å². The third-order valence-corrected chi connectivity index (χ3v) is 4.79. The monoisotopic (exact) mass is 437 g/mol. The third-order valence-electron chi connectivity index (χ3n) is 4.79. The first kappa shape index (κ1) is 23.1. The van der Waals surface area contributed by atoms with Crippen molar-refractivity contribution in [1.29, 1.82) is 0 Å². The smallest absolute Gasteiger partial charge is 0.408 e. The summed E-state index contributed by atoms with van der Waals surface area (Å²) in [7, 11) is 0. The highest BCUT2D eigenvalue weighted by molar-refractivity contribution is 5.85. The van der Waals surface area contributed by atoms with E-state index in [2.05, 4.69) is 5.32 Å². The summed E-state index contributed by atoms with van der Waals surface area (Å²) < 4.78 is 16.0. The Morgan fingerprint density at radius 1 is 1.09 bits per heavy atom. The summed E-state index contributed by atoms with van der Waals surface area (Å²) in [6.45, 7) is 8.55. The summed E-state index contributed by atoms with van der Waals surface area (Å²) in [6, 6.07) is 13.6. The van der Waals surface area contributed by atoms with Crippen LogP contribution in [0.5, 0.6) is 5.75 Å². The van der Waals surface area contributed by atoms with Crippen molar-refractivity contribution in [2.75, 3.05) is 0 Å². The van der Waals surface area contributed by atoms with Gasteiger partial charge in [-0.25, -0.2) is 14.4 Å². The molecule has 0 bridgehead atoms. The topological polar surface area (TPSA) is 94.8 Å². The van der Waals surface area contributed by atoms with E-state index in [0.717, 1.165) is 16.5 Å². The number of nitrogens with one attached hydrogen (secondary N) is 1. The van der Waals surface area contributed by atoms with Gasteiger partial charge in [0.15, 0.2) is 0 Å². The maximum atomic E-state index is 12.6. The minimum absolute atomic E-state index is 0.207. The molecule has 0 spiro atoms. The van der Waals surface area contributed by atoms with Crippen LogP contribution in [0.2, 0.25) is 0 Å². The molecule has 0 aliphatic carbocycles. The van der Waals surface area contributed by atoms with Crippen molar-refractivity contribution < 1.29 is 23.5 Å². The molecule has 0 fully saturated rings. The van der Waals surface area contributed by atoms with Crippen LogP contribution >= 0.6 is 0 Å². The predicted octanol–water partition coefficient (Wildman–Crippen LogP) is 4.51. The van der Waals surface area contributed by atoms with E-state index in [-0.39, 0.29) is 5.75 Å². The number of carbonyl (C=O) groups excluding carboxylic acids is 2. The van der Waals surface area contributed by atoms with Crippen LogP contribution in [0.25, 0.3) is 11.0 Å². The van der Waals surface area contributed by atoms with Crippen LogP contribution < -0.4 is 15.7 Å². The molecule has 0 saturated carbocycles. The van der Waals surface area contributed by atoms with Crippen molar-refractivity contribution in [3.8, 4) is 5.75 Å². The lowest BCUT2D eigenvalue weighted by Crippen LogP contribution is -2.43. The first-order valence-corrected chi connectivity index (χ1v) is 10.3. The van der Waals surface area contributed by atoms with E-state index in [9.17, 15) is 14.4 Å². The normalized spacial score (nSPS) is 12.3. The fourth-order valence-corrected chi connectivity index (χ4v) is 3.19. The largest absolute Gasteiger partial charge is 0.444 e. The molecule has 2 aromatic carbocycles. The van der Waals surface area contributed by atoms with Gasteiger partial charge in [-0.05, 0) is 57.9 Å². The van der Waals surface area contributed by atoms with Gasteiger partial charge in [-0.2, -0.15) is 0 Å². The van der Waals surface area contributed by atoms with Gasteiger partial charge in [-0.1, -0.05) is 30.3 Å². The number of fused-ring (bicyclic) bond motifs is 1. The van der Waals surface area contributed by atoms with Crippen LogP contribution in [0.1, 0.15) is 44.4 Å². The number of rotatable bonds is 5. The second-order valence-electron chi connectivity index (χ2n) is 8.60. The first-order valence-electron chi connectivity index (χ1n) is 10.3. The molecule has 7 nitrogen and oxygen atoms in total. The SMILES string of the molecule is Cc1c(Cc2ccccc2)c(=O)oc2cc(OC(=O)[C@H](C)NC(=O)OC(C)(C)C)ccc12. The molecule has 0 unspecified atom stereocenters. The van der Waals surface area contributed by atoms with E-state index in [4.69, 9.17) is 13.9 Å². The van der Waals surface area contributed by atoms with Crippen molar-refractivity contribution in [2.45, 2.75) is 52.7 Å². The number of aryl methyl sites for hydroxylation is 1. The predicted molar refractivity (Wildman–Crippen MR) is 121 cm³/mol. The molecule has 3 rings (SSSR count). The van der Waals surface area contributed by atoms with Gasteiger partial charge in [0.2, 0.25) is 0 Å². The number of alkyl carbamates (subject to hydrolysis) is 1. The van der Waals surface area contributed by atoms with Crippen molar-refractivity contribution >= 4 is 23.0 Å². The minimum Gasteiger partial charge on any atom is -0.444 e. The van der Waals surface area contributed by atoms with Crippen LogP contribution in [0.15, 0.2) is 57.7 Å². The van der Waals surface area contributed by atoms with Crippen LogP contribution in [0.4, 0.5) is 4.79 Å². The minimum atomic E-state index is -0.928. The highest BCUT2D eigenvalue weighted by Gasteiger charge is 2.22. The zero-order chi connectivity index (χ0) is 23.5. The molecule has 0 aliphatic heterocycles. The van der Waals surface area contributed by atoms with Crippen LogP contribution in [0, 0.1) is 6.92 Å². The van der Waals surface area contributed by atoms with Gasteiger partial charge in [0, 0.05) is 23.4 Å². The van der Waals surface area contributed by atoms with Crippen molar-refractivity contribution in [3.05, 3.63) is 75.6 Å². The highest BCUT2D eigenvalue weighted by atomic mass is 16.6. The van der Waals surface area contributed by atoms with E-state index in [1.807, 2.05) is 37.3 Å². The summed E-state index contributed by atoms with van der Waals surface area (Å²) >= 11 is 0. The molecule has 1 atom stereocenters. The van der Waals surface area contributed by atoms with Crippen molar-refractivity contribution in [1.82, 2.24) is 5.32 Å². The zero-order valence-electron chi connectivity index (χ0n) is 18.9. The van der Waals surface area contributed by atoms with E-state index < -0.39 is 29.3 Å². The Labute approximate surface area is 186 Å². The van der Waals surface area contributed by atoms with E-state index in [0.29, 0.717) is 17.6 Å². The Morgan fingerprint density at radius 3 is 2.44 bits per heavy atom. The van der Waals surface area contributed by atoms with Gasteiger partial charge >= 0.3 is 17.7 Å². The van der Waals surface area contributed by atoms with E-state index in [1.165, 1.54) is 13.0 Å². The van der Waals surface area contributed by atoms with Gasteiger partial charge in [0.1, 0.15) is 23.0 Å². The Balaban J connectivity index is 1.77. The summed E-state index contributed by atoms with van der Waals surface area (Å²) in [4.78, 5) is 36.8. The molecule has 0 saturated heterocycles. The summed E-state index contributed by atoms with van der Waals surface area (Å²) in [6.07, 6.45) is -0.247. The van der Waals surface area contributed by atoms with Crippen LogP contribution in [0.3, 0.4) is 0 Å². The number of carbonyl (C=O) groups is 2. The molecule has 1 heterocycles. The van der Waals surface area contributed by atoms with Gasteiger partial charge < -0.3 is 19.2 Å². The lowest BCUT2D eigenvalue weighted by atomic mass is 10.00. The molecule has 32 heavy (non-hydrogen) atoms. The molecule has 1 aromatic heterocycles. The second kappa shape index (κ2) is 9.26. The van der Waals surface area contributed by atoms with Crippen molar-refractivity contribution in [3.63, 3.8) is 0 Å². The number of benzene rings is 2. The average molecular weight is 437 g/mol. The molecular formula is C25H27NO6. The molecule has 0 aliphatic rings. The van der Waals surface area contributed by atoms with Gasteiger partial charge in [0.25, 0.3) is 0 Å². The maximum absolute atomic E-state index is 12.6. The average Bonchev–Trinajstić information content (AvgIpc) is 2.70. The standard InChI is InChI=1S/C25H27NO6/c1-15-19-12-11-18(30-22(27)16(2)26-24(29)32-25(3,4)5)14-21(19)31-23(28)20(15)13-17-9-7-6-8-10-17/h6-12,14,16H,13H2,1-5H3,(H,26,29)/t16-/m0/s1. The lowest BCUT2D eigenvalue weighted by molar-refractivity contribution is -0.136. The fourth-order valence-electron chi connectivity index (χ4n) is 3.19. The second-order valence-corrected chi connectivity index (χ2v) is 8.60. The number of hydrogen-bond donors (Lipinski definition) is 1. The Bertz CT molecular complexity index is 1190. The Morgan fingerprint density at radius 2 is 1.78 bits per heavy atom. The van der Waals surface area contributed by atoms with E-state index in [1.54, 1.807) is 32.9 Å². The van der Waals surface area contributed by atoms with Gasteiger partial charge in [-0.3, -0.25) is 0 Å². The molecule has 7 heteroatoms. The summed E-state index contributed by atoms with van der Waals surface area (Å²) in [5.74, 6) is -0.464. The van der Waals surface area contributed by atoms with Crippen molar-refractivity contribution in [2.24, 2.45) is 0 Å². The maximum Gasteiger partial charge on any atom is 0.408 e. The van der Waals surface area contributed by atoms with Crippen LogP contribution in [-0.4, -0.2) is 23.7 Å².